The molecular weight excluding hydrogens is 462 g/mol. The largest absolute Gasteiger partial charge is 0.423 e. The van der Waals surface area contributed by atoms with E-state index in [-0.39, 0.29) is 33.8 Å². The van der Waals surface area contributed by atoms with Gasteiger partial charge in [0.25, 0.3) is 0 Å². The van der Waals surface area contributed by atoms with Gasteiger partial charge in [0.05, 0.1) is 16.7 Å². The van der Waals surface area contributed by atoms with Crippen LogP contribution in [0.4, 0.5) is 8.78 Å². The van der Waals surface area contributed by atoms with Crippen molar-refractivity contribution in [3.63, 3.8) is 0 Å². The number of hydrogen-bond donors (Lipinski definition) is 0. The van der Waals surface area contributed by atoms with E-state index in [9.17, 15) is 18.4 Å². The first-order valence-corrected chi connectivity index (χ1v) is 10.6. The number of rotatable bonds is 4. The van der Waals surface area contributed by atoms with E-state index in [0.717, 1.165) is 0 Å². The van der Waals surface area contributed by atoms with Gasteiger partial charge in [-0.2, -0.15) is 0 Å². The van der Waals surface area contributed by atoms with Gasteiger partial charge < -0.3 is 9.47 Å². The van der Waals surface area contributed by atoms with Gasteiger partial charge in [0.15, 0.2) is 11.6 Å². The van der Waals surface area contributed by atoms with Crippen LogP contribution in [0.2, 0.25) is 0 Å². The Bertz CT molecular complexity index is 1510. The van der Waals surface area contributed by atoms with Crippen molar-refractivity contribution in [2.45, 2.75) is 13.8 Å². The lowest BCUT2D eigenvalue weighted by Crippen LogP contribution is -2.09. The lowest BCUT2D eigenvalue weighted by molar-refractivity contribution is -0.130. The van der Waals surface area contributed by atoms with Crippen LogP contribution in [0.5, 0.6) is 11.5 Å². The highest BCUT2D eigenvalue weighted by atomic mass is 19.2. The van der Waals surface area contributed by atoms with Gasteiger partial charge in [0.1, 0.15) is 11.5 Å². The fourth-order valence-electron chi connectivity index (χ4n) is 2.69. The monoisotopic (exact) mass is 482 g/mol. The minimum absolute atomic E-state index is 0.168. The predicted octanol–water partition coefficient (Wildman–Crippen LogP) is 5.73. The molecule has 178 valence electrons. The first-order valence-electron chi connectivity index (χ1n) is 10.6. The Balaban J connectivity index is 1.85. The van der Waals surface area contributed by atoms with E-state index < -0.39 is 23.6 Å². The van der Waals surface area contributed by atoms with E-state index in [4.69, 9.17) is 9.47 Å². The number of ether oxygens (including phenoxy) is 2. The topological polar surface area (TPSA) is 52.6 Å². The van der Waals surface area contributed by atoms with Gasteiger partial charge in [-0.15, -0.1) is 0 Å². The van der Waals surface area contributed by atoms with Crippen molar-refractivity contribution in [3.05, 3.63) is 119 Å². The van der Waals surface area contributed by atoms with Gasteiger partial charge in [-0.3, -0.25) is 0 Å². The molecule has 0 aliphatic carbocycles. The van der Waals surface area contributed by atoms with Crippen molar-refractivity contribution in [3.8, 4) is 35.2 Å². The summed E-state index contributed by atoms with van der Waals surface area (Å²) in [5.74, 6) is 7.49. The zero-order chi connectivity index (χ0) is 26.2. The average molecular weight is 482 g/mol. The van der Waals surface area contributed by atoms with E-state index in [1.54, 1.807) is 36.4 Å². The minimum Gasteiger partial charge on any atom is -0.423 e. The molecule has 6 heteroatoms. The number of benzene rings is 3. The Hall–Kier alpha value is -4.94. The number of carbonyl (C=O) groups is 2. The average Bonchev–Trinajstić information content (AvgIpc) is 2.85. The maximum absolute atomic E-state index is 14.7. The van der Waals surface area contributed by atoms with E-state index >= 15 is 0 Å². The normalized spacial score (nSPS) is 9.67. The molecule has 0 heterocycles. The maximum Gasteiger partial charge on any atom is 0.338 e. The number of para-hydroxylation sites is 1. The van der Waals surface area contributed by atoms with E-state index in [0.29, 0.717) is 11.1 Å². The van der Waals surface area contributed by atoms with Crippen molar-refractivity contribution in [2.75, 3.05) is 0 Å². The Labute approximate surface area is 207 Å². The summed E-state index contributed by atoms with van der Waals surface area (Å²) >= 11 is 0. The molecule has 0 amide bonds. The quantitative estimate of drug-likeness (QED) is 0.206. The van der Waals surface area contributed by atoms with Crippen LogP contribution in [0.3, 0.4) is 0 Å². The third-order valence-electron chi connectivity index (χ3n) is 4.59. The highest BCUT2D eigenvalue weighted by Crippen LogP contribution is 2.20. The summed E-state index contributed by atoms with van der Waals surface area (Å²) in [6, 6.07) is 15.4. The fourth-order valence-corrected chi connectivity index (χ4v) is 2.69. The zero-order valence-electron chi connectivity index (χ0n) is 19.6. The molecule has 0 radical (unpaired) electrons. The van der Waals surface area contributed by atoms with Gasteiger partial charge in [-0.05, 0) is 56.3 Å². The van der Waals surface area contributed by atoms with Crippen LogP contribution in [-0.2, 0) is 9.59 Å². The molecule has 0 fully saturated rings. The van der Waals surface area contributed by atoms with Gasteiger partial charge in [0, 0.05) is 16.7 Å². The Morgan fingerprint density at radius 1 is 0.694 bits per heavy atom. The van der Waals surface area contributed by atoms with Crippen molar-refractivity contribution in [2.24, 2.45) is 0 Å². The van der Waals surface area contributed by atoms with Crippen molar-refractivity contribution in [1.82, 2.24) is 0 Å². The lowest BCUT2D eigenvalue weighted by Gasteiger charge is -2.05. The first-order chi connectivity index (χ1) is 17.2. The second-order valence-corrected chi connectivity index (χ2v) is 7.65. The Kier molecular flexibility index (Phi) is 8.18. The molecule has 3 aromatic carbocycles. The highest BCUT2D eigenvalue weighted by Gasteiger charge is 2.12. The second kappa shape index (κ2) is 11.5. The molecular formula is C30H20F2O4. The summed E-state index contributed by atoms with van der Waals surface area (Å²) in [5, 5.41) is 0. The molecule has 36 heavy (non-hydrogen) atoms. The summed E-state index contributed by atoms with van der Waals surface area (Å²) in [6.07, 6.45) is 0. The Morgan fingerprint density at radius 3 is 1.89 bits per heavy atom. The van der Waals surface area contributed by atoms with Gasteiger partial charge in [0.2, 0.25) is 0 Å². The smallest absolute Gasteiger partial charge is 0.338 e. The molecule has 0 aromatic heterocycles. The third-order valence-corrected chi connectivity index (χ3v) is 4.59. The highest BCUT2D eigenvalue weighted by molar-refractivity contribution is 5.89. The molecule has 3 aromatic rings. The molecule has 0 saturated carbocycles. The van der Waals surface area contributed by atoms with E-state index in [1.165, 1.54) is 38.1 Å². The summed E-state index contributed by atoms with van der Waals surface area (Å²) in [6.45, 7) is 10.1. The number of esters is 2. The standard InChI is InChI=1S/C30H20F2O4/c1-19(2)29(33)35-25-10-7-8-21(18-25)12-13-23-16-17-24(28(32)27(23)31)15-14-22-9-5-6-11-26(22)36-30(34)20(3)4/h5-11,16-18H,1,3H2,2,4H3. The number of carbonyl (C=O) groups excluding carboxylic acids is 2. The molecule has 0 bridgehead atoms. The summed E-state index contributed by atoms with van der Waals surface area (Å²) in [5.41, 5.74) is 0.853. The molecule has 0 aliphatic rings. The van der Waals surface area contributed by atoms with Crippen LogP contribution in [0.1, 0.15) is 36.1 Å². The SMILES string of the molecule is C=C(C)C(=O)Oc1cccc(C#Cc2ccc(C#Cc3ccccc3OC(=O)C(=C)C)c(F)c2F)c1. The van der Waals surface area contributed by atoms with Crippen LogP contribution in [0.15, 0.2) is 85.0 Å². The van der Waals surface area contributed by atoms with Crippen molar-refractivity contribution >= 4 is 11.9 Å². The van der Waals surface area contributed by atoms with E-state index in [2.05, 4.69) is 36.8 Å². The molecule has 0 atom stereocenters. The molecule has 0 saturated heterocycles. The van der Waals surface area contributed by atoms with Crippen molar-refractivity contribution in [1.29, 1.82) is 0 Å². The fraction of sp³-hybridized carbons (Fsp3) is 0.0667. The van der Waals surface area contributed by atoms with Crippen LogP contribution < -0.4 is 9.47 Å². The number of halogens is 2. The Morgan fingerprint density at radius 2 is 1.25 bits per heavy atom. The predicted molar refractivity (Wildman–Crippen MR) is 132 cm³/mol. The summed E-state index contributed by atoms with van der Waals surface area (Å²) in [4.78, 5) is 23.5. The third kappa shape index (κ3) is 6.56. The summed E-state index contributed by atoms with van der Waals surface area (Å²) in [7, 11) is 0. The molecule has 0 spiro atoms. The zero-order valence-corrected chi connectivity index (χ0v) is 19.6. The first kappa shape index (κ1) is 25.7. The molecule has 3 rings (SSSR count). The second-order valence-electron chi connectivity index (χ2n) is 7.65. The summed E-state index contributed by atoms with van der Waals surface area (Å²) < 4.78 is 39.7. The minimum atomic E-state index is -1.16. The van der Waals surface area contributed by atoms with Crippen LogP contribution in [-0.4, -0.2) is 11.9 Å². The van der Waals surface area contributed by atoms with Crippen LogP contribution in [0.25, 0.3) is 0 Å². The molecule has 4 nitrogen and oxygen atoms in total. The molecule has 0 aliphatic heterocycles. The maximum atomic E-state index is 14.7. The molecule has 0 N–H and O–H groups in total. The van der Waals surface area contributed by atoms with E-state index in [1.807, 2.05) is 0 Å². The van der Waals surface area contributed by atoms with Crippen molar-refractivity contribution < 1.29 is 27.8 Å². The van der Waals surface area contributed by atoms with Gasteiger partial charge in [-0.1, -0.05) is 55.0 Å². The number of hydrogen-bond acceptors (Lipinski definition) is 4. The van der Waals surface area contributed by atoms with Crippen LogP contribution in [0, 0.1) is 35.3 Å². The van der Waals surface area contributed by atoms with Gasteiger partial charge >= 0.3 is 11.9 Å². The van der Waals surface area contributed by atoms with Gasteiger partial charge in [-0.25, -0.2) is 18.4 Å². The lowest BCUT2D eigenvalue weighted by atomic mass is 10.1. The van der Waals surface area contributed by atoms with Crippen LogP contribution >= 0.6 is 0 Å². The molecule has 0 unspecified atom stereocenters.